The quantitative estimate of drug-likeness (QED) is 0.694. The molecule has 160 valence electrons. The van der Waals surface area contributed by atoms with Crippen LogP contribution in [0.1, 0.15) is 35.6 Å². The molecule has 0 bridgehead atoms. The van der Waals surface area contributed by atoms with Crippen molar-refractivity contribution in [2.24, 2.45) is 5.92 Å². The lowest BCUT2D eigenvalue weighted by Crippen LogP contribution is -2.41. The molecule has 0 unspecified atom stereocenters. The number of rotatable bonds is 7. The molecule has 1 heterocycles. The molecule has 2 aliphatic rings. The maximum atomic E-state index is 13.1. The number of methoxy groups -OCH3 is 4. The molecule has 1 amide bonds. The molecule has 0 aromatic heterocycles. The second-order valence-electron chi connectivity index (χ2n) is 7.87. The van der Waals surface area contributed by atoms with Crippen molar-refractivity contribution in [2.45, 2.75) is 31.7 Å². The number of nitrogens with zero attached hydrogens (tertiary/aromatic N) is 1. The molecule has 6 heteroatoms. The summed E-state index contributed by atoms with van der Waals surface area (Å²) in [5.74, 6) is 3.25. The SMILES string of the molecule is COc1ccc(C[C@@H]2c3cc(OC)c(OC)cc3CCN2C(=O)C2CC2)cc1OC. The van der Waals surface area contributed by atoms with Crippen LogP contribution in [0.5, 0.6) is 23.0 Å². The van der Waals surface area contributed by atoms with Gasteiger partial charge in [0.2, 0.25) is 5.91 Å². The van der Waals surface area contributed by atoms with Crippen molar-refractivity contribution >= 4 is 5.91 Å². The van der Waals surface area contributed by atoms with E-state index >= 15 is 0 Å². The number of carbonyl (C=O) groups excluding carboxylic acids is 1. The van der Waals surface area contributed by atoms with E-state index in [1.54, 1.807) is 28.4 Å². The van der Waals surface area contributed by atoms with Crippen LogP contribution in [0.15, 0.2) is 30.3 Å². The van der Waals surface area contributed by atoms with Gasteiger partial charge >= 0.3 is 0 Å². The van der Waals surface area contributed by atoms with Gasteiger partial charge in [0.25, 0.3) is 0 Å². The zero-order chi connectivity index (χ0) is 21.3. The molecular formula is C24H29NO5. The Balaban J connectivity index is 1.74. The normalized spacial score (nSPS) is 17.9. The van der Waals surface area contributed by atoms with Crippen LogP contribution in [-0.4, -0.2) is 45.8 Å². The Morgan fingerprint density at radius 2 is 1.53 bits per heavy atom. The number of ether oxygens (including phenoxy) is 4. The smallest absolute Gasteiger partial charge is 0.226 e. The number of hydrogen-bond acceptors (Lipinski definition) is 5. The van der Waals surface area contributed by atoms with Gasteiger partial charge in [-0.2, -0.15) is 0 Å². The van der Waals surface area contributed by atoms with Crippen LogP contribution in [0.4, 0.5) is 0 Å². The molecule has 2 aromatic carbocycles. The van der Waals surface area contributed by atoms with Crippen LogP contribution in [0.25, 0.3) is 0 Å². The molecule has 1 saturated carbocycles. The highest BCUT2D eigenvalue weighted by Crippen LogP contribution is 2.42. The Kier molecular flexibility index (Phi) is 5.75. The lowest BCUT2D eigenvalue weighted by molar-refractivity contribution is -0.135. The Bertz CT molecular complexity index is 937. The highest BCUT2D eigenvalue weighted by Gasteiger charge is 2.39. The Hall–Kier alpha value is -2.89. The summed E-state index contributed by atoms with van der Waals surface area (Å²) in [7, 11) is 6.56. The zero-order valence-electron chi connectivity index (χ0n) is 18.1. The van der Waals surface area contributed by atoms with E-state index in [4.69, 9.17) is 18.9 Å². The van der Waals surface area contributed by atoms with Gasteiger partial charge in [0.1, 0.15) is 0 Å². The summed E-state index contributed by atoms with van der Waals surface area (Å²) in [5, 5.41) is 0. The van der Waals surface area contributed by atoms with E-state index in [2.05, 4.69) is 11.0 Å². The number of amides is 1. The minimum absolute atomic E-state index is 0.0558. The molecule has 30 heavy (non-hydrogen) atoms. The molecule has 6 nitrogen and oxygen atoms in total. The lowest BCUT2D eigenvalue weighted by atomic mass is 9.87. The fourth-order valence-corrected chi connectivity index (χ4v) is 4.31. The Morgan fingerprint density at radius 1 is 0.900 bits per heavy atom. The van der Waals surface area contributed by atoms with Crippen molar-refractivity contribution in [3.8, 4) is 23.0 Å². The minimum Gasteiger partial charge on any atom is -0.493 e. The molecule has 1 atom stereocenters. The molecule has 2 aromatic rings. The first-order chi connectivity index (χ1) is 14.6. The monoisotopic (exact) mass is 411 g/mol. The van der Waals surface area contributed by atoms with E-state index in [1.807, 2.05) is 24.3 Å². The Labute approximate surface area is 177 Å². The number of hydrogen-bond donors (Lipinski definition) is 0. The highest BCUT2D eigenvalue weighted by atomic mass is 16.5. The van der Waals surface area contributed by atoms with Gasteiger partial charge in [0.05, 0.1) is 34.5 Å². The third-order valence-corrected chi connectivity index (χ3v) is 6.09. The van der Waals surface area contributed by atoms with Crippen molar-refractivity contribution in [2.75, 3.05) is 35.0 Å². The van der Waals surface area contributed by atoms with E-state index in [0.717, 1.165) is 42.7 Å². The van der Waals surface area contributed by atoms with Gasteiger partial charge in [0, 0.05) is 12.5 Å². The lowest BCUT2D eigenvalue weighted by Gasteiger charge is -2.38. The van der Waals surface area contributed by atoms with Crippen LogP contribution in [-0.2, 0) is 17.6 Å². The average Bonchev–Trinajstić information content (AvgIpc) is 3.63. The Morgan fingerprint density at radius 3 is 2.17 bits per heavy atom. The van der Waals surface area contributed by atoms with E-state index in [1.165, 1.54) is 5.56 Å². The van der Waals surface area contributed by atoms with Gasteiger partial charge in [-0.3, -0.25) is 4.79 Å². The van der Waals surface area contributed by atoms with Gasteiger partial charge in [-0.1, -0.05) is 6.07 Å². The fourth-order valence-electron chi connectivity index (χ4n) is 4.31. The molecule has 0 saturated heterocycles. The van der Waals surface area contributed by atoms with Crippen molar-refractivity contribution in [3.63, 3.8) is 0 Å². The number of carbonyl (C=O) groups is 1. The first-order valence-electron chi connectivity index (χ1n) is 10.4. The number of fused-ring (bicyclic) bond motifs is 1. The molecular weight excluding hydrogens is 382 g/mol. The second kappa shape index (κ2) is 8.46. The van der Waals surface area contributed by atoms with Gasteiger partial charge in [-0.15, -0.1) is 0 Å². The predicted molar refractivity (Wildman–Crippen MR) is 114 cm³/mol. The van der Waals surface area contributed by atoms with E-state index in [0.29, 0.717) is 23.7 Å². The van der Waals surface area contributed by atoms with Gasteiger partial charge in [0.15, 0.2) is 23.0 Å². The van der Waals surface area contributed by atoms with Crippen molar-refractivity contribution in [3.05, 3.63) is 47.0 Å². The predicted octanol–water partition coefficient (Wildman–Crippen LogP) is 3.80. The average molecular weight is 411 g/mol. The standard InChI is InChI=1S/C24H29NO5/c1-27-20-8-5-15(12-21(20)28-2)11-19-18-14-23(30-4)22(29-3)13-17(18)9-10-25(19)24(26)16-6-7-16/h5,8,12-14,16,19H,6-7,9-11H2,1-4H3/t19-/m1/s1. The first-order valence-corrected chi connectivity index (χ1v) is 10.4. The van der Waals surface area contributed by atoms with Crippen LogP contribution in [0, 0.1) is 5.92 Å². The maximum absolute atomic E-state index is 13.1. The first kappa shape index (κ1) is 20.4. The summed E-state index contributed by atoms with van der Waals surface area (Å²) in [5.41, 5.74) is 3.43. The molecule has 0 N–H and O–H groups in total. The van der Waals surface area contributed by atoms with Crippen molar-refractivity contribution in [1.29, 1.82) is 0 Å². The molecule has 1 fully saturated rings. The van der Waals surface area contributed by atoms with Crippen LogP contribution >= 0.6 is 0 Å². The van der Waals surface area contributed by atoms with E-state index in [-0.39, 0.29) is 17.9 Å². The maximum Gasteiger partial charge on any atom is 0.226 e. The van der Waals surface area contributed by atoms with Gasteiger partial charge in [-0.25, -0.2) is 0 Å². The third kappa shape index (κ3) is 3.78. The molecule has 4 rings (SSSR count). The van der Waals surface area contributed by atoms with Crippen LogP contribution < -0.4 is 18.9 Å². The summed E-state index contributed by atoms with van der Waals surface area (Å²) in [6.07, 6.45) is 3.51. The number of benzene rings is 2. The van der Waals surface area contributed by atoms with Crippen molar-refractivity contribution in [1.82, 2.24) is 4.90 Å². The van der Waals surface area contributed by atoms with Gasteiger partial charge in [-0.05, 0) is 66.6 Å². The summed E-state index contributed by atoms with van der Waals surface area (Å²) >= 11 is 0. The topological polar surface area (TPSA) is 57.2 Å². The van der Waals surface area contributed by atoms with E-state index in [9.17, 15) is 4.79 Å². The molecule has 0 spiro atoms. The van der Waals surface area contributed by atoms with Gasteiger partial charge < -0.3 is 23.8 Å². The molecule has 0 radical (unpaired) electrons. The summed E-state index contributed by atoms with van der Waals surface area (Å²) in [6, 6.07) is 9.98. The summed E-state index contributed by atoms with van der Waals surface area (Å²) in [6.45, 7) is 0.718. The second-order valence-corrected chi connectivity index (χ2v) is 7.87. The minimum atomic E-state index is -0.0558. The summed E-state index contributed by atoms with van der Waals surface area (Å²) < 4.78 is 21.9. The van der Waals surface area contributed by atoms with E-state index < -0.39 is 0 Å². The largest absolute Gasteiger partial charge is 0.493 e. The van der Waals surface area contributed by atoms with Crippen LogP contribution in [0.2, 0.25) is 0 Å². The zero-order valence-corrected chi connectivity index (χ0v) is 18.1. The highest BCUT2D eigenvalue weighted by molar-refractivity contribution is 5.82. The fraction of sp³-hybridized carbons (Fsp3) is 0.458. The van der Waals surface area contributed by atoms with Crippen molar-refractivity contribution < 1.29 is 23.7 Å². The summed E-state index contributed by atoms with van der Waals surface area (Å²) in [4.78, 5) is 15.2. The molecule has 1 aliphatic heterocycles. The molecule has 1 aliphatic carbocycles. The third-order valence-electron chi connectivity index (χ3n) is 6.09. The van der Waals surface area contributed by atoms with Crippen LogP contribution in [0.3, 0.4) is 0 Å².